The first-order valence-electron chi connectivity index (χ1n) is 12.9. The number of rotatable bonds is 4. The molecule has 40 heavy (non-hydrogen) atoms. The van der Waals surface area contributed by atoms with Crippen molar-refractivity contribution in [1.29, 1.82) is 0 Å². The van der Waals surface area contributed by atoms with Crippen molar-refractivity contribution in [3.05, 3.63) is 131 Å². The molecule has 0 atom stereocenters. The first-order chi connectivity index (χ1) is 18.9. The number of para-hydroxylation sites is 2. The predicted molar refractivity (Wildman–Crippen MR) is 148 cm³/mol. The van der Waals surface area contributed by atoms with Crippen LogP contribution in [0.2, 0.25) is 0 Å². The van der Waals surface area contributed by atoms with Crippen molar-refractivity contribution in [1.82, 2.24) is 0 Å². The SMILES string of the molecule is Cc1c2ccc(/C=C/C=C/C=C3/N(C)c4ccccc4C3(C)C)ccc-2c(C)[n+]1-c1ccccc1.[O-][Cl+3]([O-])([O-])[O-]. The Labute approximate surface area is 238 Å². The van der Waals surface area contributed by atoms with Crippen LogP contribution in [0.25, 0.3) is 22.9 Å². The summed E-state index contributed by atoms with van der Waals surface area (Å²) in [5, 5.41) is 0. The third-order valence-corrected chi connectivity index (χ3v) is 7.35. The number of aromatic nitrogens is 1. The van der Waals surface area contributed by atoms with E-state index in [-0.39, 0.29) is 5.41 Å². The lowest BCUT2D eigenvalue weighted by molar-refractivity contribution is -2.00. The van der Waals surface area contributed by atoms with Gasteiger partial charge in [-0.25, -0.2) is 18.6 Å². The number of likely N-dealkylation sites (N-methyl/N-ethyl adjacent to an activating group) is 1. The summed E-state index contributed by atoms with van der Waals surface area (Å²) in [7, 11) is -2.79. The van der Waals surface area contributed by atoms with E-state index in [0.29, 0.717) is 0 Å². The topological polar surface area (TPSA) is 99.4 Å². The van der Waals surface area contributed by atoms with Crippen LogP contribution in [0.3, 0.4) is 0 Å². The highest BCUT2D eigenvalue weighted by molar-refractivity contribution is 5.71. The summed E-state index contributed by atoms with van der Waals surface area (Å²) in [5.41, 5.74) is 11.5. The first kappa shape index (κ1) is 29.2. The summed E-state index contributed by atoms with van der Waals surface area (Å²) in [5.74, 6) is 0. The molecule has 0 amide bonds. The molecule has 0 bridgehead atoms. The van der Waals surface area contributed by atoms with Gasteiger partial charge in [0.2, 0.25) is 5.69 Å². The maximum Gasteiger partial charge on any atom is 0.211 e. The van der Waals surface area contributed by atoms with Crippen LogP contribution in [0.1, 0.15) is 36.4 Å². The first-order valence-corrected chi connectivity index (χ1v) is 14.1. The quantitative estimate of drug-likeness (QED) is 0.284. The Balaban J connectivity index is 0.000000681. The molecule has 2 heterocycles. The van der Waals surface area contributed by atoms with Gasteiger partial charge in [-0.1, -0.05) is 86.7 Å². The molecule has 2 aromatic rings. The van der Waals surface area contributed by atoms with Gasteiger partial charge in [-0.3, -0.25) is 0 Å². The van der Waals surface area contributed by atoms with Crippen LogP contribution in [-0.2, 0) is 5.41 Å². The van der Waals surface area contributed by atoms with Crippen molar-refractivity contribution in [2.45, 2.75) is 33.1 Å². The fourth-order valence-electron chi connectivity index (χ4n) is 5.47. The molecule has 6 nitrogen and oxygen atoms in total. The summed E-state index contributed by atoms with van der Waals surface area (Å²) < 4.78 is 36.3. The lowest BCUT2D eigenvalue weighted by Gasteiger charge is -2.23. The molecule has 2 aliphatic heterocycles. The Bertz CT molecular complexity index is 1510. The van der Waals surface area contributed by atoms with Crippen LogP contribution in [0, 0.1) is 24.1 Å². The number of benzene rings is 2. The molecule has 0 fully saturated rings. The van der Waals surface area contributed by atoms with E-state index in [1.54, 1.807) is 0 Å². The number of allylic oxidation sites excluding steroid dienone is 5. The van der Waals surface area contributed by atoms with Gasteiger partial charge in [-0.2, -0.15) is 4.57 Å². The van der Waals surface area contributed by atoms with Crippen LogP contribution >= 0.6 is 0 Å². The van der Waals surface area contributed by atoms with Crippen molar-refractivity contribution < 1.29 is 33.4 Å². The normalized spacial score (nSPS) is 15.6. The molecule has 0 radical (unpaired) electrons. The third-order valence-electron chi connectivity index (χ3n) is 7.35. The standard InChI is InChI=1S/C33H33N2.ClHO4/c1-24-28-22-20-26(21-23-29(28)25(2)35(24)27-15-9-7-10-16-27)14-8-6-11-19-32-33(3,4)30-17-12-13-18-31(30)34(32)5;2-1(3,4)5/h6-23H,1-5H3;(H,2,3,4,5)/q+1;/p-1. The van der Waals surface area contributed by atoms with Gasteiger partial charge in [-0.05, 0) is 35.4 Å². The van der Waals surface area contributed by atoms with Gasteiger partial charge in [0.05, 0.1) is 11.1 Å². The van der Waals surface area contributed by atoms with Gasteiger partial charge < -0.3 is 4.90 Å². The Morgan fingerprint density at radius 1 is 0.725 bits per heavy atom. The zero-order chi connectivity index (χ0) is 29.1. The minimum Gasteiger partial charge on any atom is -0.347 e. The van der Waals surface area contributed by atoms with E-state index in [0.717, 1.165) is 0 Å². The number of fused-ring (bicyclic) bond motifs is 2. The summed E-state index contributed by atoms with van der Waals surface area (Å²) >= 11 is 0. The van der Waals surface area contributed by atoms with E-state index in [2.05, 4.69) is 153 Å². The Kier molecular flexibility index (Phi) is 8.59. The van der Waals surface area contributed by atoms with Gasteiger partial charge in [0.25, 0.3) is 0 Å². The monoisotopic (exact) mass is 556 g/mol. The molecular weight excluding hydrogens is 524 g/mol. The van der Waals surface area contributed by atoms with Gasteiger partial charge in [0, 0.05) is 49.8 Å². The van der Waals surface area contributed by atoms with E-state index >= 15 is 0 Å². The van der Waals surface area contributed by atoms with Gasteiger partial charge in [0.15, 0.2) is 11.4 Å². The highest BCUT2D eigenvalue weighted by Gasteiger charge is 2.37. The number of halogens is 1. The molecule has 3 aliphatic rings. The van der Waals surface area contributed by atoms with Gasteiger partial charge in [-0.15, -0.1) is 10.2 Å². The van der Waals surface area contributed by atoms with Crippen molar-refractivity contribution >= 4 is 11.8 Å². The van der Waals surface area contributed by atoms with Gasteiger partial charge >= 0.3 is 0 Å². The van der Waals surface area contributed by atoms with Crippen molar-refractivity contribution in [2.75, 3.05) is 11.9 Å². The maximum absolute atomic E-state index is 8.49. The molecule has 7 heteroatoms. The highest BCUT2D eigenvalue weighted by Crippen LogP contribution is 2.46. The van der Waals surface area contributed by atoms with Crippen molar-refractivity contribution in [3.63, 3.8) is 0 Å². The number of nitrogens with zero attached hydrogens (tertiary/aromatic N) is 2. The summed E-state index contributed by atoms with van der Waals surface area (Å²) in [6.07, 6.45) is 10.8. The molecule has 0 saturated carbocycles. The molecule has 0 aromatic heterocycles. The van der Waals surface area contributed by atoms with E-state index in [4.69, 9.17) is 18.6 Å². The van der Waals surface area contributed by atoms with Crippen LogP contribution in [0.4, 0.5) is 5.69 Å². The smallest absolute Gasteiger partial charge is 0.211 e. The molecule has 0 saturated heterocycles. The summed E-state index contributed by atoms with van der Waals surface area (Å²) in [6.45, 7) is 9.00. The second kappa shape index (κ2) is 11.8. The largest absolute Gasteiger partial charge is 0.347 e. The third kappa shape index (κ3) is 6.33. The zero-order valence-corrected chi connectivity index (χ0v) is 24.1. The van der Waals surface area contributed by atoms with Gasteiger partial charge in [0.1, 0.15) is 0 Å². The number of hydrogen-bond donors (Lipinski definition) is 0. The average Bonchev–Trinajstić information content (AvgIpc) is 3.12. The minimum atomic E-state index is -4.94. The van der Waals surface area contributed by atoms with Crippen molar-refractivity contribution in [3.8, 4) is 16.8 Å². The lowest BCUT2D eigenvalue weighted by Crippen LogP contribution is -2.68. The molecule has 0 unspecified atom stereocenters. The van der Waals surface area contributed by atoms with E-state index in [1.807, 2.05) is 0 Å². The lowest BCUT2D eigenvalue weighted by atomic mass is 9.84. The van der Waals surface area contributed by atoms with Crippen LogP contribution in [-0.4, -0.2) is 7.05 Å². The molecule has 206 valence electrons. The molecule has 0 spiro atoms. The van der Waals surface area contributed by atoms with E-state index in [1.165, 1.54) is 50.7 Å². The maximum atomic E-state index is 8.49. The van der Waals surface area contributed by atoms with Crippen LogP contribution in [0.5, 0.6) is 0 Å². The second-order valence-electron chi connectivity index (χ2n) is 10.2. The Morgan fingerprint density at radius 2 is 1.27 bits per heavy atom. The molecule has 1 aliphatic carbocycles. The number of anilines is 1. The summed E-state index contributed by atoms with van der Waals surface area (Å²) in [6, 6.07) is 28.2. The molecule has 2 aromatic carbocycles. The predicted octanol–water partition coefficient (Wildman–Crippen LogP) is 2.81. The fourth-order valence-corrected chi connectivity index (χ4v) is 5.47. The average molecular weight is 557 g/mol. The molecule has 5 rings (SSSR count). The molecular formula is C33H33ClN2O4. The second-order valence-corrected chi connectivity index (χ2v) is 11.0. The highest BCUT2D eigenvalue weighted by atomic mass is 35.7. The van der Waals surface area contributed by atoms with Crippen molar-refractivity contribution in [2.24, 2.45) is 0 Å². The Hall–Kier alpha value is -3.78. The molecule has 0 N–H and O–H groups in total. The number of hydrogen-bond acceptors (Lipinski definition) is 5. The van der Waals surface area contributed by atoms with Crippen LogP contribution in [0.15, 0.2) is 109 Å². The summed E-state index contributed by atoms with van der Waals surface area (Å²) in [4.78, 5) is 2.30. The van der Waals surface area contributed by atoms with E-state index < -0.39 is 10.2 Å². The fraction of sp³-hybridized carbons (Fsp3) is 0.182. The van der Waals surface area contributed by atoms with E-state index in [9.17, 15) is 0 Å². The minimum absolute atomic E-state index is 0.00347. The Morgan fingerprint density at radius 3 is 1.85 bits per heavy atom. The zero-order valence-electron chi connectivity index (χ0n) is 23.3. The van der Waals surface area contributed by atoms with Crippen LogP contribution < -0.4 is 28.1 Å².